The van der Waals surface area contributed by atoms with E-state index in [9.17, 15) is 14.0 Å². The number of nitrogens with zero attached hydrogens (tertiary/aromatic N) is 1. The van der Waals surface area contributed by atoms with Crippen molar-refractivity contribution in [3.63, 3.8) is 0 Å². The predicted molar refractivity (Wildman–Crippen MR) is 97.8 cm³/mol. The Labute approximate surface area is 159 Å². The normalized spacial score (nSPS) is 17.8. The van der Waals surface area contributed by atoms with Gasteiger partial charge in [0.2, 0.25) is 0 Å². The molecule has 1 heterocycles. The number of hydrogen-bond acceptors (Lipinski definition) is 3. The molecule has 1 aliphatic rings. The molecule has 0 radical (unpaired) electrons. The number of halogens is 3. The summed E-state index contributed by atoms with van der Waals surface area (Å²) in [4.78, 5) is 25.9. The number of nitrogens with one attached hydrogen (secondary N) is 1. The number of carbonyl (C=O) groups is 2. The van der Waals surface area contributed by atoms with Gasteiger partial charge in [-0.15, -0.1) is 0 Å². The van der Waals surface area contributed by atoms with E-state index in [1.54, 1.807) is 48.3 Å². The predicted octanol–water partition coefficient (Wildman–Crippen LogP) is 3.82. The van der Waals surface area contributed by atoms with E-state index in [0.29, 0.717) is 23.1 Å². The van der Waals surface area contributed by atoms with Crippen LogP contribution in [0.15, 0.2) is 12.1 Å². The lowest BCUT2D eigenvalue weighted by Crippen LogP contribution is -2.40. The number of amides is 2. The van der Waals surface area contributed by atoms with Crippen LogP contribution in [-0.4, -0.2) is 41.6 Å². The Morgan fingerprint density at radius 3 is 2.71 bits per heavy atom. The molecule has 1 aliphatic heterocycles. The van der Waals surface area contributed by atoms with Gasteiger partial charge in [0.15, 0.2) is 0 Å². The van der Waals surface area contributed by atoms with E-state index in [1.165, 1.54) is 6.07 Å². The van der Waals surface area contributed by atoms with E-state index >= 15 is 0 Å². The van der Waals surface area contributed by atoms with Crippen molar-refractivity contribution >= 4 is 46.2 Å². The third-order valence-electron chi connectivity index (χ3n) is 3.43. The summed E-state index contributed by atoms with van der Waals surface area (Å²) in [5.41, 5.74) is -0.338. The molecule has 1 aromatic rings. The molecule has 0 aromatic heterocycles. The highest BCUT2D eigenvalue weighted by Gasteiger charge is 2.31. The summed E-state index contributed by atoms with van der Waals surface area (Å²) in [7, 11) is 0. The van der Waals surface area contributed by atoms with E-state index in [0.717, 1.165) is 6.07 Å². The highest BCUT2D eigenvalue weighted by atomic mass is 127. The van der Waals surface area contributed by atoms with Crippen LogP contribution >= 0.6 is 34.2 Å². The summed E-state index contributed by atoms with van der Waals surface area (Å²) in [5.74, 6) is -0.844. The monoisotopic (exact) mass is 468 g/mol. The van der Waals surface area contributed by atoms with Crippen LogP contribution in [-0.2, 0) is 4.74 Å². The van der Waals surface area contributed by atoms with Gasteiger partial charge in [-0.05, 0) is 61.9 Å². The average molecular weight is 469 g/mol. The molecule has 0 aliphatic carbocycles. The fourth-order valence-electron chi connectivity index (χ4n) is 2.33. The summed E-state index contributed by atoms with van der Waals surface area (Å²) in [6.07, 6.45) is 0.231. The van der Waals surface area contributed by atoms with E-state index in [-0.39, 0.29) is 22.5 Å². The standard InChI is InChI=1S/C16H19ClFIN2O3/c1-16(2,3)24-15(23)21-5-4-9(8-21)20-14(22)10-6-13(19)12(18)7-11(10)17/h6-7,9H,4-5,8H2,1-3H3,(H,20,22)/t9-/m0/s1. The van der Waals surface area contributed by atoms with Crippen molar-refractivity contribution in [1.29, 1.82) is 0 Å². The smallest absolute Gasteiger partial charge is 0.410 e. The van der Waals surface area contributed by atoms with Crippen molar-refractivity contribution in [2.75, 3.05) is 13.1 Å². The number of benzene rings is 1. The first-order chi connectivity index (χ1) is 11.1. The van der Waals surface area contributed by atoms with Crippen LogP contribution in [0.3, 0.4) is 0 Å². The minimum absolute atomic E-state index is 0.0624. The van der Waals surface area contributed by atoms with Crippen LogP contribution in [0.2, 0.25) is 5.02 Å². The molecule has 0 saturated carbocycles. The van der Waals surface area contributed by atoms with Gasteiger partial charge in [-0.25, -0.2) is 9.18 Å². The van der Waals surface area contributed by atoms with Gasteiger partial charge in [0.1, 0.15) is 11.4 Å². The van der Waals surface area contributed by atoms with Gasteiger partial charge >= 0.3 is 6.09 Å². The fourth-order valence-corrected chi connectivity index (χ4v) is 3.03. The first kappa shape index (κ1) is 19.2. The third-order valence-corrected chi connectivity index (χ3v) is 4.57. The summed E-state index contributed by atoms with van der Waals surface area (Å²) >= 11 is 7.75. The molecule has 1 saturated heterocycles. The number of carbonyl (C=O) groups excluding carboxylic acids is 2. The molecule has 2 rings (SSSR count). The van der Waals surface area contributed by atoms with Crippen molar-refractivity contribution in [3.8, 4) is 0 Å². The lowest BCUT2D eigenvalue weighted by Gasteiger charge is -2.24. The van der Waals surface area contributed by atoms with Gasteiger partial charge in [-0.1, -0.05) is 11.6 Å². The van der Waals surface area contributed by atoms with Crippen LogP contribution in [0.5, 0.6) is 0 Å². The molecule has 0 bridgehead atoms. The van der Waals surface area contributed by atoms with E-state index < -0.39 is 17.5 Å². The zero-order valence-electron chi connectivity index (χ0n) is 13.7. The zero-order chi connectivity index (χ0) is 18.1. The van der Waals surface area contributed by atoms with Crippen LogP contribution in [0.1, 0.15) is 37.6 Å². The SMILES string of the molecule is CC(C)(C)OC(=O)N1CC[C@H](NC(=O)c2cc(I)c(F)cc2Cl)C1. The Kier molecular flexibility index (Phi) is 5.95. The van der Waals surface area contributed by atoms with Crippen molar-refractivity contribution in [2.24, 2.45) is 0 Å². The Balaban J connectivity index is 1.97. The van der Waals surface area contributed by atoms with Crippen molar-refractivity contribution in [1.82, 2.24) is 10.2 Å². The third kappa shape index (κ3) is 4.95. The van der Waals surface area contributed by atoms with Gasteiger partial charge in [-0.2, -0.15) is 0 Å². The Morgan fingerprint density at radius 2 is 2.08 bits per heavy atom. The highest BCUT2D eigenvalue weighted by molar-refractivity contribution is 14.1. The van der Waals surface area contributed by atoms with Gasteiger partial charge < -0.3 is 15.0 Å². The minimum atomic E-state index is -0.559. The van der Waals surface area contributed by atoms with Crippen molar-refractivity contribution in [2.45, 2.75) is 38.8 Å². The Bertz CT molecular complexity index is 663. The Hall–Kier alpha value is -1.09. The average Bonchev–Trinajstić information content (AvgIpc) is 2.89. The molecule has 5 nitrogen and oxygen atoms in total. The second-order valence-corrected chi connectivity index (χ2v) is 8.20. The largest absolute Gasteiger partial charge is 0.444 e. The molecular formula is C16H19ClFIN2O3. The van der Waals surface area contributed by atoms with Crippen molar-refractivity contribution < 1.29 is 18.7 Å². The molecule has 0 unspecified atom stereocenters. The van der Waals surface area contributed by atoms with Gasteiger partial charge in [0.25, 0.3) is 5.91 Å². The summed E-state index contributed by atoms with van der Waals surface area (Å²) in [6, 6.07) is 2.34. The van der Waals surface area contributed by atoms with Crippen LogP contribution < -0.4 is 5.32 Å². The number of rotatable bonds is 2. The first-order valence-electron chi connectivity index (χ1n) is 7.50. The minimum Gasteiger partial charge on any atom is -0.444 e. The molecule has 1 aromatic carbocycles. The Morgan fingerprint density at radius 1 is 1.42 bits per heavy atom. The topological polar surface area (TPSA) is 58.6 Å². The molecular weight excluding hydrogens is 450 g/mol. The fraction of sp³-hybridized carbons (Fsp3) is 0.500. The molecule has 8 heteroatoms. The van der Waals surface area contributed by atoms with Crippen LogP contribution in [0.4, 0.5) is 9.18 Å². The molecule has 1 N–H and O–H groups in total. The second kappa shape index (κ2) is 7.43. The van der Waals surface area contributed by atoms with E-state index in [2.05, 4.69) is 5.32 Å². The maximum Gasteiger partial charge on any atom is 0.410 e. The number of likely N-dealkylation sites (tertiary alicyclic amines) is 1. The van der Waals surface area contributed by atoms with E-state index in [1.807, 2.05) is 0 Å². The highest BCUT2D eigenvalue weighted by Crippen LogP contribution is 2.23. The molecule has 1 atom stereocenters. The molecule has 24 heavy (non-hydrogen) atoms. The van der Waals surface area contributed by atoms with Crippen LogP contribution in [0.25, 0.3) is 0 Å². The van der Waals surface area contributed by atoms with Crippen molar-refractivity contribution in [3.05, 3.63) is 32.1 Å². The quantitative estimate of drug-likeness (QED) is 0.530. The number of hydrogen-bond donors (Lipinski definition) is 1. The van der Waals surface area contributed by atoms with Gasteiger partial charge in [-0.3, -0.25) is 4.79 Å². The van der Waals surface area contributed by atoms with E-state index in [4.69, 9.17) is 16.3 Å². The van der Waals surface area contributed by atoms with Crippen LogP contribution in [0, 0.1) is 9.39 Å². The lowest BCUT2D eigenvalue weighted by molar-refractivity contribution is 0.0290. The number of ether oxygens (including phenoxy) is 1. The lowest BCUT2D eigenvalue weighted by atomic mass is 10.2. The summed E-state index contributed by atoms with van der Waals surface area (Å²) in [5, 5.41) is 2.89. The molecule has 132 valence electrons. The maximum absolute atomic E-state index is 13.4. The first-order valence-corrected chi connectivity index (χ1v) is 8.96. The zero-order valence-corrected chi connectivity index (χ0v) is 16.6. The molecule has 2 amide bonds. The van der Waals surface area contributed by atoms with Gasteiger partial charge in [0, 0.05) is 22.7 Å². The molecule has 0 spiro atoms. The second-order valence-electron chi connectivity index (χ2n) is 6.63. The summed E-state index contributed by atoms with van der Waals surface area (Å²) < 4.78 is 19.1. The van der Waals surface area contributed by atoms with Gasteiger partial charge in [0.05, 0.1) is 10.6 Å². The maximum atomic E-state index is 13.4. The summed E-state index contributed by atoms with van der Waals surface area (Å²) in [6.45, 7) is 6.29. The molecule has 1 fully saturated rings.